The van der Waals surface area contributed by atoms with E-state index in [0.29, 0.717) is 40.7 Å². The maximum atomic E-state index is 13.8. The van der Waals surface area contributed by atoms with Gasteiger partial charge in [-0.25, -0.2) is 0 Å². The summed E-state index contributed by atoms with van der Waals surface area (Å²) in [7, 11) is 1.59. The Labute approximate surface area is 238 Å². The summed E-state index contributed by atoms with van der Waals surface area (Å²) >= 11 is 0. The quantitative estimate of drug-likeness (QED) is 0.295. The Hall–Kier alpha value is -4.63. The Morgan fingerprint density at radius 3 is 2.54 bits per heavy atom. The van der Waals surface area contributed by atoms with Gasteiger partial charge in [0.25, 0.3) is 11.5 Å². The van der Waals surface area contributed by atoms with Gasteiger partial charge in [-0.05, 0) is 104 Å². The van der Waals surface area contributed by atoms with Crippen molar-refractivity contribution in [3.63, 3.8) is 0 Å². The molecule has 0 saturated carbocycles. The molecule has 0 unspecified atom stereocenters. The van der Waals surface area contributed by atoms with Gasteiger partial charge in [-0.2, -0.15) is 9.78 Å². The van der Waals surface area contributed by atoms with E-state index in [4.69, 9.17) is 14.2 Å². The number of carbonyl (C=O) groups is 1. The lowest BCUT2D eigenvalue weighted by Gasteiger charge is -2.15. The van der Waals surface area contributed by atoms with Gasteiger partial charge in [-0.3, -0.25) is 9.59 Å². The molecule has 0 spiro atoms. The lowest BCUT2D eigenvalue weighted by Crippen LogP contribution is -2.31. The standard InChI is InChI=1S/C32H32N4O5/c1-39-26-15-12-25(13-16-26)36-32(38)30(29(20-34-36)41-27-14-9-21-4-2-5-23(21)18-27)35-24-10-7-22(8-11-24)31(37)33-19-28-6-3-17-40-28/h7-16,18,20,28,35H,2-6,17,19H2,1H3,(H,33,37)/t28-/m1/s1. The maximum absolute atomic E-state index is 13.8. The van der Waals surface area contributed by atoms with Gasteiger partial charge >= 0.3 is 0 Å². The van der Waals surface area contributed by atoms with Gasteiger partial charge in [0.15, 0.2) is 11.4 Å². The molecule has 2 N–H and O–H groups in total. The Balaban J connectivity index is 1.27. The van der Waals surface area contributed by atoms with E-state index >= 15 is 0 Å². The van der Waals surface area contributed by atoms with Crippen LogP contribution in [0.25, 0.3) is 5.69 Å². The molecular formula is C32H32N4O5. The van der Waals surface area contributed by atoms with Crippen LogP contribution in [0.15, 0.2) is 77.7 Å². The van der Waals surface area contributed by atoms with Crippen LogP contribution in [-0.2, 0) is 17.6 Å². The lowest BCUT2D eigenvalue weighted by atomic mass is 10.1. The van der Waals surface area contributed by atoms with Gasteiger partial charge in [-0.15, -0.1) is 0 Å². The second-order valence-corrected chi connectivity index (χ2v) is 10.2. The molecule has 0 radical (unpaired) electrons. The number of hydrogen-bond donors (Lipinski definition) is 2. The van der Waals surface area contributed by atoms with Gasteiger partial charge in [0.2, 0.25) is 0 Å². The van der Waals surface area contributed by atoms with Crippen LogP contribution in [0.1, 0.15) is 40.7 Å². The molecule has 210 valence electrons. The van der Waals surface area contributed by atoms with Gasteiger partial charge in [0, 0.05) is 24.4 Å². The lowest BCUT2D eigenvalue weighted by molar-refractivity contribution is 0.0858. The molecule has 1 atom stereocenters. The zero-order valence-electron chi connectivity index (χ0n) is 22.9. The first kappa shape index (κ1) is 26.6. The minimum absolute atomic E-state index is 0.0727. The zero-order valence-corrected chi connectivity index (χ0v) is 22.9. The van der Waals surface area contributed by atoms with E-state index in [1.807, 2.05) is 12.1 Å². The summed E-state index contributed by atoms with van der Waals surface area (Å²) in [6, 6.07) is 20.1. The first-order valence-corrected chi connectivity index (χ1v) is 13.9. The maximum Gasteiger partial charge on any atom is 0.299 e. The molecule has 1 aliphatic carbocycles. The molecule has 1 aliphatic heterocycles. The third kappa shape index (κ3) is 5.95. The monoisotopic (exact) mass is 552 g/mol. The highest BCUT2D eigenvalue weighted by Gasteiger charge is 2.19. The SMILES string of the molecule is COc1ccc(-n2ncc(Oc3ccc4c(c3)CCC4)c(Nc3ccc(C(=O)NC[C@H]4CCCO4)cc3)c2=O)cc1. The van der Waals surface area contributed by atoms with Gasteiger partial charge in [0.1, 0.15) is 11.5 Å². The van der Waals surface area contributed by atoms with Crippen LogP contribution >= 0.6 is 0 Å². The van der Waals surface area contributed by atoms with Crippen LogP contribution in [0.2, 0.25) is 0 Å². The highest BCUT2D eigenvalue weighted by molar-refractivity contribution is 5.94. The van der Waals surface area contributed by atoms with Crippen LogP contribution < -0.4 is 25.7 Å². The van der Waals surface area contributed by atoms with Crippen molar-refractivity contribution in [1.29, 1.82) is 0 Å². The van der Waals surface area contributed by atoms with E-state index in [-0.39, 0.29) is 23.3 Å². The van der Waals surface area contributed by atoms with Crippen molar-refractivity contribution in [3.8, 4) is 22.9 Å². The third-order valence-corrected chi connectivity index (χ3v) is 7.49. The fourth-order valence-electron chi connectivity index (χ4n) is 5.24. The van der Waals surface area contributed by atoms with E-state index < -0.39 is 0 Å². The molecule has 1 saturated heterocycles. The van der Waals surface area contributed by atoms with Crippen LogP contribution in [0.5, 0.6) is 17.2 Å². The first-order valence-electron chi connectivity index (χ1n) is 13.9. The fourth-order valence-corrected chi connectivity index (χ4v) is 5.24. The number of anilines is 2. The number of ether oxygens (including phenoxy) is 3. The predicted molar refractivity (Wildman–Crippen MR) is 156 cm³/mol. The van der Waals surface area contributed by atoms with Gasteiger partial charge < -0.3 is 24.8 Å². The minimum atomic E-state index is -0.382. The van der Waals surface area contributed by atoms with Gasteiger partial charge in [-0.1, -0.05) is 6.07 Å². The van der Waals surface area contributed by atoms with Crippen molar-refractivity contribution in [1.82, 2.24) is 15.1 Å². The molecule has 41 heavy (non-hydrogen) atoms. The number of nitrogens with zero attached hydrogens (tertiary/aromatic N) is 2. The minimum Gasteiger partial charge on any atom is -0.497 e. The average Bonchev–Trinajstić information content (AvgIpc) is 3.70. The van der Waals surface area contributed by atoms with E-state index in [9.17, 15) is 9.59 Å². The highest BCUT2D eigenvalue weighted by atomic mass is 16.5. The molecule has 9 nitrogen and oxygen atoms in total. The Bertz CT molecular complexity index is 1590. The summed E-state index contributed by atoms with van der Waals surface area (Å²) in [5.41, 5.74) is 4.19. The van der Waals surface area contributed by atoms with Crippen molar-refractivity contribution in [3.05, 3.63) is 100.0 Å². The summed E-state index contributed by atoms with van der Waals surface area (Å²) in [6.07, 6.45) is 6.81. The number of aryl methyl sites for hydroxylation is 2. The van der Waals surface area contributed by atoms with E-state index in [2.05, 4.69) is 21.8 Å². The molecule has 1 aromatic heterocycles. The number of rotatable bonds is 9. The molecule has 1 fully saturated rings. The largest absolute Gasteiger partial charge is 0.497 e. The second-order valence-electron chi connectivity index (χ2n) is 10.2. The van der Waals surface area contributed by atoms with Crippen LogP contribution in [0.4, 0.5) is 11.4 Å². The number of amides is 1. The number of methoxy groups -OCH3 is 1. The van der Waals surface area contributed by atoms with Crippen molar-refractivity contribution in [2.75, 3.05) is 25.6 Å². The van der Waals surface area contributed by atoms with Crippen molar-refractivity contribution in [2.45, 2.75) is 38.2 Å². The Morgan fingerprint density at radius 2 is 1.78 bits per heavy atom. The number of fused-ring (bicyclic) bond motifs is 1. The van der Waals surface area contributed by atoms with E-state index in [0.717, 1.165) is 38.7 Å². The number of benzene rings is 3. The molecule has 1 amide bonds. The van der Waals surface area contributed by atoms with Gasteiger partial charge in [0.05, 0.1) is 25.1 Å². The normalized spacial score (nSPS) is 15.8. The number of carbonyl (C=O) groups excluding carboxylic acids is 1. The summed E-state index contributed by atoms with van der Waals surface area (Å²) < 4.78 is 18.4. The van der Waals surface area contributed by atoms with E-state index in [1.54, 1.807) is 55.6 Å². The fraction of sp³-hybridized carbons (Fsp3) is 0.281. The van der Waals surface area contributed by atoms with Crippen LogP contribution in [0, 0.1) is 0 Å². The molecule has 9 heteroatoms. The molecule has 0 bridgehead atoms. The van der Waals surface area contributed by atoms with Crippen LogP contribution in [-0.4, -0.2) is 42.1 Å². The predicted octanol–water partition coefficient (Wildman–Crippen LogP) is 5.17. The van der Waals surface area contributed by atoms with Crippen molar-refractivity contribution in [2.24, 2.45) is 0 Å². The number of aromatic nitrogens is 2. The average molecular weight is 553 g/mol. The van der Waals surface area contributed by atoms with Crippen LogP contribution in [0.3, 0.4) is 0 Å². The zero-order chi connectivity index (χ0) is 28.2. The van der Waals surface area contributed by atoms with Crippen molar-refractivity contribution < 1.29 is 19.0 Å². The molecule has 6 rings (SSSR count). The molecule has 4 aromatic rings. The smallest absolute Gasteiger partial charge is 0.299 e. The Kier molecular flexibility index (Phi) is 7.69. The third-order valence-electron chi connectivity index (χ3n) is 7.49. The summed E-state index contributed by atoms with van der Waals surface area (Å²) in [5.74, 6) is 1.46. The summed E-state index contributed by atoms with van der Waals surface area (Å²) in [4.78, 5) is 26.4. The van der Waals surface area contributed by atoms with E-state index in [1.165, 1.54) is 22.0 Å². The highest BCUT2D eigenvalue weighted by Crippen LogP contribution is 2.32. The summed E-state index contributed by atoms with van der Waals surface area (Å²) in [6.45, 7) is 1.23. The molecular weight excluding hydrogens is 520 g/mol. The summed E-state index contributed by atoms with van der Waals surface area (Å²) in [5, 5.41) is 10.5. The van der Waals surface area contributed by atoms with Crippen molar-refractivity contribution >= 4 is 17.3 Å². The first-order chi connectivity index (χ1) is 20.1. The number of nitrogens with one attached hydrogen (secondary N) is 2. The Morgan fingerprint density at radius 1 is 1.00 bits per heavy atom. The molecule has 2 heterocycles. The topological polar surface area (TPSA) is 104 Å². The molecule has 2 aliphatic rings. The second kappa shape index (κ2) is 11.9. The molecule has 3 aromatic carbocycles. The number of hydrogen-bond acceptors (Lipinski definition) is 7.